The first-order valence-corrected chi connectivity index (χ1v) is 10.7. The lowest BCUT2D eigenvalue weighted by Gasteiger charge is -2.34. The highest BCUT2D eigenvalue weighted by Gasteiger charge is 2.30. The smallest absolute Gasteiger partial charge is 0.244 e. The Kier molecular flexibility index (Phi) is 5.79. The van der Waals surface area contributed by atoms with Gasteiger partial charge in [-0.05, 0) is 41.9 Å². The van der Waals surface area contributed by atoms with Crippen molar-refractivity contribution in [1.82, 2.24) is 14.3 Å². The maximum atomic E-state index is 12.9. The Morgan fingerprint density at radius 1 is 1.15 bits per heavy atom. The summed E-state index contributed by atoms with van der Waals surface area (Å²) >= 11 is 3.33. The van der Waals surface area contributed by atoms with Gasteiger partial charge in [-0.2, -0.15) is 9.29 Å². The van der Waals surface area contributed by atoms with Crippen LogP contribution in [0.5, 0.6) is 0 Å². The molecule has 2 heterocycles. The number of nitrogens with zero attached hydrogens (tertiary/aromatic N) is 4. The maximum absolute atomic E-state index is 12.9. The van der Waals surface area contributed by atoms with Crippen molar-refractivity contribution in [3.8, 4) is 0 Å². The van der Waals surface area contributed by atoms with Gasteiger partial charge in [0.15, 0.2) is 0 Å². The van der Waals surface area contributed by atoms with Gasteiger partial charge in [-0.25, -0.2) is 13.4 Å². The molecule has 0 unspecified atom stereocenters. The summed E-state index contributed by atoms with van der Waals surface area (Å²) in [5.41, 5.74) is 0.884. The molecule has 3 rings (SSSR count). The molecule has 1 aliphatic heterocycles. The molecule has 140 valence electrons. The molecule has 0 saturated carbocycles. The Labute approximate surface area is 162 Å². The summed E-state index contributed by atoms with van der Waals surface area (Å²) in [6.45, 7) is 6.64. The molecule has 2 aromatic rings. The second-order valence-corrected chi connectivity index (χ2v) is 8.81. The fourth-order valence-electron chi connectivity index (χ4n) is 2.89. The molecule has 1 aromatic carbocycles. The topological polar surface area (TPSA) is 78.4 Å². The third-order valence-corrected chi connectivity index (χ3v) is 7.09. The van der Waals surface area contributed by atoms with Gasteiger partial charge in [0.2, 0.25) is 16.0 Å². The minimum Gasteiger partial charge on any atom is -0.370 e. The molecular formula is C17H22BrN5O2S. The number of benzene rings is 1. The van der Waals surface area contributed by atoms with Gasteiger partial charge in [-0.15, -0.1) is 0 Å². The summed E-state index contributed by atoms with van der Waals surface area (Å²) < 4.78 is 27.9. The lowest BCUT2D eigenvalue weighted by molar-refractivity contribution is 0.382. The average Bonchev–Trinajstić information content (AvgIpc) is 2.62. The first kappa shape index (κ1) is 19.1. The third kappa shape index (κ3) is 3.99. The van der Waals surface area contributed by atoms with Crippen molar-refractivity contribution in [2.75, 3.05) is 42.9 Å². The van der Waals surface area contributed by atoms with E-state index in [2.05, 4.69) is 31.2 Å². The second kappa shape index (κ2) is 7.89. The second-order valence-electron chi connectivity index (χ2n) is 6.05. The Balaban J connectivity index is 1.74. The van der Waals surface area contributed by atoms with Crippen LogP contribution in [0, 0.1) is 6.92 Å². The van der Waals surface area contributed by atoms with Gasteiger partial charge in [0.05, 0.1) is 4.90 Å². The monoisotopic (exact) mass is 439 g/mol. The van der Waals surface area contributed by atoms with Crippen molar-refractivity contribution in [1.29, 1.82) is 0 Å². The van der Waals surface area contributed by atoms with Crippen molar-refractivity contribution in [2.45, 2.75) is 18.7 Å². The fraction of sp³-hybridized carbons (Fsp3) is 0.412. The van der Waals surface area contributed by atoms with Gasteiger partial charge in [0.1, 0.15) is 5.82 Å². The third-order valence-electron chi connectivity index (χ3n) is 4.18. The number of anilines is 2. The van der Waals surface area contributed by atoms with Crippen LogP contribution in [0.25, 0.3) is 0 Å². The normalized spacial score (nSPS) is 15.9. The van der Waals surface area contributed by atoms with Crippen LogP contribution in [0.2, 0.25) is 0 Å². The van der Waals surface area contributed by atoms with Crippen molar-refractivity contribution in [2.24, 2.45) is 0 Å². The van der Waals surface area contributed by atoms with Gasteiger partial charge in [-0.1, -0.05) is 12.1 Å². The predicted octanol–water partition coefficient (Wildman–Crippen LogP) is 2.49. The highest BCUT2D eigenvalue weighted by atomic mass is 79.9. The van der Waals surface area contributed by atoms with E-state index in [-0.39, 0.29) is 0 Å². The summed E-state index contributed by atoms with van der Waals surface area (Å²) in [5.74, 6) is 1.43. The largest absolute Gasteiger partial charge is 0.370 e. The van der Waals surface area contributed by atoms with Gasteiger partial charge in [0.25, 0.3) is 0 Å². The van der Waals surface area contributed by atoms with Crippen LogP contribution >= 0.6 is 15.9 Å². The fourth-order valence-corrected chi connectivity index (χ4v) is 5.27. The Morgan fingerprint density at radius 2 is 1.85 bits per heavy atom. The highest BCUT2D eigenvalue weighted by Crippen LogP contribution is 2.26. The van der Waals surface area contributed by atoms with Crippen LogP contribution in [-0.4, -0.2) is 55.4 Å². The molecule has 1 aromatic heterocycles. The van der Waals surface area contributed by atoms with E-state index >= 15 is 0 Å². The Hall–Kier alpha value is -1.71. The first-order chi connectivity index (χ1) is 12.4. The van der Waals surface area contributed by atoms with E-state index in [4.69, 9.17) is 0 Å². The molecule has 0 radical (unpaired) electrons. The number of aromatic nitrogens is 2. The van der Waals surface area contributed by atoms with Gasteiger partial charge < -0.3 is 10.2 Å². The molecule has 7 nitrogen and oxygen atoms in total. The van der Waals surface area contributed by atoms with Gasteiger partial charge in [0, 0.05) is 49.0 Å². The summed E-state index contributed by atoms with van der Waals surface area (Å²) in [6.07, 6.45) is 0. The van der Waals surface area contributed by atoms with E-state index in [1.54, 1.807) is 24.3 Å². The molecule has 0 aliphatic carbocycles. The molecule has 0 amide bonds. The summed E-state index contributed by atoms with van der Waals surface area (Å²) in [7, 11) is -3.52. The lowest BCUT2D eigenvalue weighted by atomic mass is 10.3. The SMILES string of the molecule is CCNc1cc(C)nc(N2CCN(S(=O)(=O)c3ccccc3Br)CC2)n1. The van der Waals surface area contributed by atoms with Crippen LogP contribution in [0.4, 0.5) is 11.8 Å². The van der Waals surface area contributed by atoms with Crippen LogP contribution in [0.1, 0.15) is 12.6 Å². The molecular weight excluding hydrogens is 418 g/mol. The number of aryl methyl sites for hydroxylation is 1. The van der Waals surface area contributed by atoms with Crippen LogP contribution < -0.4 is 10.2 Å². The maximum Gasteiger partial charge on any atom is 0.244 e. The molecule has 0 bridgehead atoms. The number of hydrogen-bond acceptors (Lipinski definition) is 6. The van der Waals surface area contributed by atoms with E-state index in [0.717, 1.165) is 18.1 Å². The molecule has 1 saturated heterocycles. The zero-order valence-electron chi connectivity index (χ0n) is 14.8. The molecule has 1 N–H and O–H groups in total. The number of nitrogens with one attached hydrogen (secondary N) is 1. The molecule has 26 heavy (non-hydrogen) atoms. The van der Waals surface area contributed by atoms with E-state index in [1.165, 1.54) is 4.31 Å². The van der Waals surface area contributed by atoms with Crippen LogP contribution in [-0.2, 0) is 10.0 Å². The Morgan fingerprint density at radius 3 is 2.50 bits per heavy atom. The van der Waals surface area contributed by atoms with Crippen molar-refractivity contribution in [3.63, 3.8) is 0 Å². The molecule has 1 aliphatic rings. The number of sulfonamides is 1. The minimum absolute atomic E-state index is 0.301. The van der Waals surface area contributed by atoms with E-state index < -0.39 is 10.0 Å². The van der Waals surface area contributed by atoms with E-state index in [1.807, 2.05) is 24.8 Å². The van der Waals surface area contributed by atoms with Crippen LogP contribution in [0.3, 0.4) is 0 Å². The number of halogens is 1. The minimum atomic E-state index is -3.52. The zero-order valence-corrected chi connectivity index (χ0v) is 17.2. The lowest BCUT2D eigenvalue weighted by Crippen LogP contribution is -2.49. The summed E-state index contributed by atoms with van der Waals surface area (Å²) in [4.78, 5) is 11.4. The standard InChI is InChI=1S/C17H22BrN5O2S/c1-3-19-16-12-13(2)20-17(21-16)22-8-10-23(11-9-22)26(24,25)15-7-5-4-6-14(15)18/h4-7,12H,3,8-11H2,1-2H3,(H,19,20,21). The molecule has 0 spiro atoms. The number of rotatable bonds is 5. The zero-order chi connectivity index (χ0) is 18.7. The quantitative estimate of drug-likeness (QED) is 0.770. The summed E-state index contributed by atoms with van der Waals surface area (Å²) in [6, 6.07) is 8.81. The number of hydrogen-bond donors (Lipinski definition) is 1. The highest BCUT2D eigenvalue weighted by molar-refractivity contribution is 9.10. The molecule has 9 heteroatoms. The van der Waals surface area contributed by atoms with Gasteiger partial charge in [-0.3, -0.25) is 0 Å². The molecule has 1 fully saturated rings. The Bertz CT molecular complexity index is 882. The van der Waals surface area contributed by atoms with E-state index in [0.29, 0.717) is 41.5 Å². The molecule has 0 atom stereocenters. The first-order valence-electron chi connectivity index (χ1n) is 8.51. The van der Waals surface area contributed by atoms with Crippen molar-refractivity contribution < 1.29 is 8.42 Å². The van der Waals surface area contributed by atoms with Crippen LogP contribution in [0.15, 0.2) is 39.7 Å². The van der Waals surface area contributed by atoms with Crippen molar-refractivity contribution in [3.05, 3.63) is 40.5 Å². The van der Waals surface area contributed by atoms with E-state index in [9.17, 15) is 8.42 Å². The predicted molar refractivity (Wildman–Crippen MR) is 106 cm³/mol. The van der Waals surface area contributed by atoms with Gasteiger partial charge >= 0.3 is 0 Å². The number of piperazine rings is 1. The van der Waals surface area contributed by atoms with Crippen molar-refractivity contribution >= 4 is 37.7 Å². The summed E-state index contributed by atoms with van der Waals surface area (Å²) in [5, 5.41) is 3.20. The average molecular weight is 440 g/mol.